The van der Waals surface area contributed by atoms with Crippen molar-refractivity contribution in [1.29, 1.82) is 0 Å². The van der Waals surface area contributed by atoms with Crippen molar-refractivity contribution in [3.05, 3.63) is 16.8 Å². The summed E-state index contributed by atoms with van der Waals surface area (Å²) in [5, 5.41) is 5.04. The van der Waals surface area contributed by atoms with E-state index >= 15 is 0 Å². The Labute approximate surface area is 94.5 Å². The minimum atomic E-state index is 0.643. The molecule has 14 heavy (non-hydrogen) atoms. The van der Waals surface area contributed by atoms with E-state index < -0.39 is 0 Å². The zero-order chi connectivity index (χ0) is 9.80. The van der Waals surface area contributed by atoms with Gasteiger partial charge in [-0.15, -0.1) is 11.8 Å². The standard InChI is InChI=1S/C11H17NS2/c1-10(12-6-3-2-4-7-12)14-11-5-8-13-9-11/h5,8-10H,2-4,6-7H2,1H3/t10-/m1/s1. The highest BCUT2D eigenvalue weighted by Gasteiger charge is 2.17. The first-order chi connectivity index (χ1) is 6.86. The van der Waals surface area contributed by atoms with Crippen LogP contribution in [0.25, 0.3) is 0 Å². The fourth-order valence-electron chi connectivity index (χ4n) is 1.87. The van der Waals surface area contributed by atoms with Crippen molar-refractivity contribution < 1.29 is 0 Å². The Morgan fingerprint density at radius 1 is 1.36 bits per heavy atom. The minimum absolute atomic E-state index is 0.643. The molecule has 0 aliphatic carbocycles. The third-order valence-electron chi connectivity index (χ3n) is 2.71. The molecule has 78 valence electrons. The maximum absolute atomic E-state index is 2.60. The van der Waals surface area contributed by atoms with Gasteiger partial charge in [0.15, 0.2) is 0 Å². The summed E-state index contributed by atoms with van der Waals surface area (Å²) in [7, 11) is 0. The van der Waals surface area contributed by atoms with Gasteiger partial charge in [0.25, 0.3) is 0 Å². The molecule has 0 aromatic carbocycles. The molecule has 0 spiro atoms. The lowest BCUT2D eigenvalue weighted by atomic mass is 10.1. The molecule has 1 aliphatic rings. The Balaban J connectivity index is 1.85. The first-order valence-corrected chi connectivity index (χ1v) is 7.11. The fraction of sp³-hybridized carbons (Fsp3) is 0.636. The smallest absolute Gasteiger partial charge is 0.0576 e. The largest absolute Gasteiger partial charge is 0.291 e. The van der Waals surface area contributed by atoms with Gasteiger partial charge in [0.2, 0.25) is 0 Å². The number of piperidine rings is 1. The van der Waals surface area contributed by atoms with E-state index in [1.165, 1.54) is 37.2 Å². The third kappa shape index (κ3) is 2.75. The predicted molar refractivity (Wildman–Crippen MR) is 65.1 cm³/mol. The molecule has 2 heterocycles. The summed E-state index contributed by atoms with van der Waals surface area (Å²) >= 11 is 3.78. The lowest BCUT2D eigenvalue weighted by Crippen LogP contribution is -2.35. The second kappa shape index (κ2) is 5.19. The SMILES string of the molecule is C[C@@H](Sc1ccsc1)N1CCCCC1. The molecule has 0 amide bonds. The van der Waals surface area contributed by atoms with Gasteiger partial charge < -0.3 is 0 Å². The molecule has 0 saturated carbocycles. The van der Waals surface area contributed by atoms with Crippen molar-refractivity contribution in [3.63, 3.8) is 0 Å². The Morgan fingerprint density at radius 2 is 2.14 bits per heavy atom. The van der Waals surface area contributed by atoms with Crippen molar-refractivity contribution in [2.24, 2.45) is 0 Å². The Hall–Kier alpha value is 0.01000. The molecule has 1 fully saturated rings. The number of hydrogen-bond acceptors (Lipinski definition) is 3. The number of thiophene rings is 1. The molecule has 1 saturated heterocycles. The predicted octanol–water partition coefficient (Wildman–Crippen LogP) is 3.67. The number of hydrogen-bond donors (Lipinski definition) is 0. The molecule has 1 aromatic rings. The first-order valence-electron chi connectivity index (χ1n) is 5.29. The van der Waals surface area contributed by atoms with Gasteiger partial charge in [0.1, 0.15) is 0 Å². The van der Waals surface area contributed by atoms with Crippen molar-refractivity contribution in [1.82, 2.24) is 4.90 Å². The maximum Gasteiger partial charge on any atom is 0.0576 e. The summed E-state index contributed by atoms with van der Waals surface area (Å²) in [4.78, 5) is 4.03. The molecule has 1 aliphatic heterocycles. The Kier molecular flexibility index (Phi) is 3.90. The van der Waals surface area contributed by atoms with Crippen LogP contribution in [0.2, 0.25) is 0 Å². The van der Waals surface area contributed by atoms with E-state index in [9.17, 15) is 0 Å². The molecule has 1 nitrogen and oxygen atoms in total. The van der Waals surface area contributed by atoms with Crippen LogP contribution in [0.5, 0.6) is 0 Å². The van der Waals surface area contributed by atoms with Crippen molar-refractivity contribution in [2.75, 3.05) is 13.1 Å². The van der Waals surface area contributed by atoms with Gasteiger partial charge in [-0.05, 0) is 44.3 Å². The Morgan fingerprint density at radius 3 is 2.79 bits per heavy atom. The molecular formula is C11H17NS2. The zero-order valence-corrected chi connectivity index (χ0v) is 10.2. The van der Waals surface area contributed by atoms with Crippen LogP contribution in [-0.4, -0.2) is 23.4 Å². The van der Waals surface area contributed by atoms with Gasteiger partial charge in [-0.2, -0.15) is 11.3 Å². The molecule has 0 bridgehead atoms. The summed E-state index contributed by atoms with van der Waals surface area (Å²) in [5.74, 6) is 0. The van der Waals surface area contributed by atoms with E-state index in [1.807, 2.05) is 11.8 Å². The summed E-state index contributed by atoms with van der Waals surface area (Å²) in [6.07, 6.45) is 4.19. The average molecular weight is 227 g/mol. The lowest BCUT2D eigenvalue weighted by molar-refractivity contribution is 0.222. The van der Waals surface area contributed by atoms with Crippen LogP contribution >= 0.6 is 23.1 Å². The van der Waals surface area contributed by atoms with E-state index in [2.05, 4.69) is 28.7 Å². The summed E-state index contributed by atoms with van der Waals surface area (Å²) in [6.45, 7) is 4.91. The van der Waals surface area contributed by atoms with Crippen molar-refractivity contribution in [3.8, 4) is 0 Å². The zero-order valence-electron chi connectivity index (χ0n) is 8.61. The topological polar surface area (TPSA) is 3.24 Å². The second-order valence-corrected chi connectivity index (χ2v) is 5.94. The molecule has 1 atom stereocenters. The highest BCUT2D eigenvalue weighted by molar-refractivity contribution is 8.00. The van der Waals surface area contributed by atoms with E-state index in [1.54, 1.807) is 11.3 Å². The van der Waals surface area contributed by atoms with Gasteiger partial charge >= 0.3 is 0 Å². The second-order valence-electron chi connectivity index (χ2n) is 3.77. The number of thioether (sulfide) groups is 1. The maximum atomic E-state index is 2.60. The van der Waals surface area contributed by atoms with Crippen LogP contribution in [0.15, 0.2) is 21.7 Å². The third-order valence-corrected chi connectivity index (χ3v) is 4.70. The number of rotatable bonds is 3. The van der Waals surface area contributed by atoms with E-state index in [4.69, 9.17) is 0 Å². The lowest BCUT2D eigenvalue weighted by Gasteiger charge is -2.31. The first kappa shape index (κ1) is 10.5. The van der Waals surface area contributed by atoms with E-state index in [-0.39, 0.29) is 0 Å². The quantitative estimate of drug-likeness (QED) is 0.725. The van der Waals surface area contributed by atoms with E-state index in [0.29, 0.717) is 5.37 Å². The highest BCUT2D eigenvalue weighted by Crippen LogP contribution is 2.28. The molecule has 0 unspecified atom stereocenters. The average Bonchev–Trinajstić information content (AvgIpc) is 2.72. The van der Waals surface area contributed by atoms with Gasteiger partial charge in [-0.25, -0.2) is 0 Å². The van der Waals surface area contributed by atoms with Gasteiger partial charge in [-0.1, -0.05) is 6.42 Å². The summed E-state index contributed by atoms with van der Waals surface area (Å²) in [5.41, 5.74) is 0. The molecule has 1 aromatic heterocycles. The molecule has 2 rings (SSSR count). The Bertz CT molecular complexity index is 252. The van der Waals surface area contributed by atoms with Crippen LogP contribution in [-0.2, 0) is 0 Å². The van der Waals surface area contributed by atoms with Crippen LogP contribution in [0.4, 0.5) is 0 Å². The normalized spacial score (nSPS) is 20.9. The molecular weight excluding hydrogens is 210 g/mol. The highest BCUT2D eigenvalue weighted by atomic mass is 32.2. The van der Waals surface area contributed by atoms with E-state index in [0.717, 1.165) is 0 Å². The van der Waals surface area contributed by atoms with Gasteiger partial charge in [0.05, 0.1) is 5.37 Å². The van der Waals surface area contributed by atoms with Crippen LogP contribution in [0, 0.1) is 0 Å². The van der Waals surface area contributed by atoms with Crippen LogP contribution < -0.4 is 0 Å². The monoisotopic (exact) mass is 227 g/mol. The minimum Gasteiger partial charge on any atom is -0.291 e. The number of likely N-dealkylation sites (tertiary alicyclic amines) is 1. The number of nitrogens with zero attached hydrogens (tertiary/aromatic N) is 1. The van der Waals surface area contributed by atoms with Crippen LogP contribution in [0.3, 0.4) is 0 Å². The molecule has 3 heteroatoms. The van der Waals surface area contributed by atoms with Crippen molar-refractivity contribution >= 4 is 23.1 Å². The fourth-order valence-corrected chi connectivity index (χ4v) is 3.76. The van der Waals surface area contributed by atoms with Crippen LogP contribution in [0.1, 0.15) is 26.2 Å². The van der Waals surface area contributed by atoms with Gasteiger partial charge in [0, 0.05) is 10.3 Å². The van der Waals surface area contributed by atoms with Gasteiger partial charge in [-0.3, -0.25) is 4.90 Å². The molecule has 0 radical (unpaired) electrons. The van der Waals surface area contributed by atoms with Crippen molar-refractivity contribution in [2.45, 2.75) is 36.5 Å². The summed E-state index contributed by atoms with van der Waals surface area (Å²) in [6, 6.07) is 2.22. The molecule has 0 N–H and O–H groups in total. The summed E-state index contributed by atoms with van der Waals surface area (Å²) < 4.78 is 0.